The first-order valence-corrected chi connectivity index (χ1v) is 7.87. The van der Waals surface area contributed by atoms with Crippen LogP contribution in [-0.4, -0.2) is 46.9 Å². The second kappa shape index (κ2) is 5.94. The Morgan fingerprint density at radius 1 is 1.30 bits per heavy atom. The molecule has 7 heteroatoms. The predicted molar refractivity (Wildman–Crippen MR) is 78.1 cm³/mol. The van der Waals surface area contributed by atoms with Gasteiger partial charge in [0.1, 0.15) is 0 Å². The number of alkyl halides is 3. The van der Waals surface area contributed by atoms with Crippen molar-refractivity contribution in [2.75, 3.05) is 13.7 Å². The fourth-order valence-corrected chi connectivity index (χ4v) is 3.78. The maximum absolute atomic E-state index is 12.1. The van der Waals surface area contributed by atoms with Gasteiger partial charge in [0.25, 0.3) is 0 Å². The van der Waals surface area contributed by atoms with Crippen molar-refractivity contribution in [2.24, 2.45) is 0 Å². The normalized spacial score (nSPS) is 31.9. The van der Waals surface area contributed by atoms with Crippen molar-refractivity contribution in [1.82, 2.24) is 9.88 Å². The highest BCUT2D eigenvalue weighted by atomic mass is 19.4. The SMILES string of the molecule is CN1C2CCCC1CC(O)(c1ccc(OCC(F)(F)F)nc1)C2. The summed E-state index contributed by atoms with van der Waals surface area (Å²) < 4.78 is 41.0. The van der Waals surface area contributed by atoms with Crippen molar-refractivity contribution >= 4 is 0 Å². The summed E-state index contributed by atoms with van der Waals surface area (Å²) in [5.74, 6) is -0.0807. The van der Waals surface area contributed by atoms with E-state index in [1.165, 1.54) is 18.7 Å². The number of nitrogens with zero attached hydrogens (tertiary/aromatic N) is 2. The van der Waals surface area contributed by atoms with Gasteiger partial charge in [0.05, 0.1) is 5.60 Å². The standard InChI is InChI=1S/C16H21F3N2O2/c1-21-12-3-2-4-13(21)8-15(22,7-12)11-5-6-14(20-9-11)23-10-16(17,18)19/h5-6,9,12-13,22H,2-4,7-8,10H2,1H3. The van der Waals surface area contributed by atoms with E-state index >= 15 is 0 Å². The minimum absolute atomic E-state index is 0.0807. The number of aliphatic hydroxyl groups is 1. The minimum atomic E-state index is -4.38. The van der Waals surface area contributed by atoms with Gasteiger partial charge in [0.2, 0.25) is 5.88 Å². The summed E-state index contributed by atoms with van der Waals surface area (Å²) in [6.45, 7) is -1.36. The van der Waals surface area contributed by atoms with Crippen LogP contribution >= 0.6 is 0 Å². The summed E-state index contributed by atoms with van der Waals surface area (Å²) in [6, 6.07) is 3.70. The van der Waals surface area contributed by atoms with Crippen LogP contribution in [0.3, 0.4) is 0 Å². The second-order valence-electron chi connectivity index (χ2n) is 6.63. The van der Waals surface area contributed by atoms with Gasteiger partial charge >= 0.3 is 6.18 Å². The third-order valence-corrected chi connectivity index (χ3v) is 5.03. The average Bonchev–Trinajstić information content (AvgIpc) is 2.47. The molecule has 0 radical (unpaired) electrons. The van der Waals surface area contributed by atoms with Crippen LogP contribution in [0.25, 0.3) is 0 Å². The van der Waals surface area contributed by atoms with Gasteiger partial charge in [-0.2, -0.15) is 13.2 Å². The van der Waals surface area contributed by atoms with E-state index in [4.69, 9.17) is 0 Å². The molecule has 1 N–H and O–H groups in total. The molecule has 1 aromatic rings. The minimum Gasteiger partial charge on any atom is -0.468 e. The van der Waals surface area contributed by atoms with Crippen molar-refractivity contribution < 1.29 is 23.0 Å². The van der Waals surface area contributed by atoms with Gasteiger partial charge in [-0.05, 0) is 38.8 Å². The Kier molecular flexibility index (Phi) is 4.27. The van der Waals surface area contributed by atoms with Gasteiger partial charge in [-0.1, -0.05) is 6.42 Å². The summed E-state index contributed by atoms with van der Waals surface area (Å²) in [4.78, 5) is 6.26. The smallest absolute Gasteiger partial charge is 0.422 e. The maximum atomic E-state index is 12.1. The number of hydrogen-bond acceptors (Lipinski definition) is 4. The van der Waals surface area contributed by atoms with Crippen LogP contribution in [0.5, 0.6) is 5.88 Å². The summed E-state index contributed by atoms with van der Waals surface area (Å²) in [5, 5.41) is 11.0. The Balaban J connectivity index is 1.71. The van der Waals surface area contributed by atoms with Gasteiger partial charge in [-0.15, -0.1) is 0 Å². The highest BCUT2D eigenvalue weighted by Crippen LogP contribution is 2.43. The van der Waals surface area contributed by atoms with Crippen LogP contribution in [0, 0.1) is 0 Å². The van der Waals surface area contributed by atoms with Crippen LogP contribution in [0.15, 0.2) is 18.3 Å². The largest absolute Gasteiger partial charge is 0.468 e. The zero-order valence-electron chi connectivity index (χ0n) is 13.0. The Hall–Kier alpha value is -1.34. The van der Waals surface area contributed by atoms with Crippen molar-refractivity contribution in [3.05, 3.63) is 23.9 Å². The van der Waals surface area contributed by atoms with Crippen molar-refractivity contribution in [3.63, 3.8) is 0 Å². The zero-order valence-corrected chi connectivity index (χ0v) is 13.0. The van der Waals surface area contributed by atoms with Crippen LogP contribution in [0.4, 0.5) is 13.2 Å². The van der Waals surface area contributed by atoms with Crippen LogP contribution in [0.2, 0.25) is 0 Å². The molecule has 0 aliphatic carbocycles. The van der Waals surface area contributed by atoms with E-state index in [0.29, 0.717) is 30.5 Å². The summed E-state index contributed by atoms with van der Waals surface area (Å²) in [7, 11) is 2.10. The molecule has 2 saturated heterocycles. The molecule has 0 amide bonds. The molecule has 1 aromatic heterocycles. The molecule has 3 heterocycles. The van der Waals surface area contributed by atoms with Gasteiger partial charge in [-0.25, -0.2) is 4.98 Å². The molecule has 23 heavy (non-hydrogen) atoms. The highest BCUT2D eigenvalue weighted by molar-refractivity contribution is 5.25. The number of piperidine rings is 2. The Labute approximate surface area is 133 Å². The molecule has 2 aliphatic rings. The molecular formula is C16H21F3N2O2. The van der Waals surface area contributed by atoms with E-state index in [1.54, 1.807) is 6.07 Å². The van der Waals surface area contributed by atoms with Crippen molar-refractivity contribution in [1.29, 1.82) is 0 Å². The highest BCUT2D eigenvalue weighted by Gasteiger charge is 2.45. The second-order valence-corrected chi connectivity index (χ2v) is 6.63. The molecular weight excluding hydrogens is 309 g/mol. The van der Waals surface area contributed by atoms with Crippen molar-refractivity contribution in [2.45, 2.75) is 56.0 Å². The molecule has 2 atom stereocenters. The molecule has 3 rings (SSSR count). The Bertz CT molecular complexity index is 533. The number of hydrogen-bond donors (Lipinski definition) is 1. The number of fused-ring (bicyclic) bond motifs is 2. The first-order chi connectivity index (χ1) is 10.8. The topological polar surface area (TPSA) is 45.6 Å². The zero-order chi connectivity index (χ0) is 16.7. The summed E-state index contributed by atoms with van der Waals surface area (Å²) in [6.07, 6.45) is 1.62. The van der Waals surface area contributed by atoms with Gasteiger partial charge in [0, 0.05) is 29.9 Å². The molecule has 0 saturated carbocycles. The van der Waals surface area contributed by atoms with E-state index in [-0.39, 0.29) is 5.88 Å². The number of pyridine rings is 1. The molecule has 2 aliphatic heterocycles. The summed E-state index contributed by atoms with van der Waals surface area (Å²) in [5.41, 5.74) is -0.306. The first-order valence-electron chi connectivity index (χ1n) is 7.87. The fraction of sp³-hybridized carbons (Fsp3) is 0.688. The van der Waals surface area contributed by atoms with Crippen LogP contribution in [0.1, 0.15) is 37.7 Å². The monoisotopic (exact) mass is 330 g/mol. The lowest BCUT2D eigenvalue weighted by Crippen LogP contribution is -2.55. The van der Waals surface area contributed by atoms with E-state index in [1.807, 2.05) is 0 Å². The lowest BCUT2D eigenvalue weighted by Gasteiger charge is -2.50. The molecule has 128 valence electrons. The Morgan fingerprint density at radius 3 is 2.48 bits per heavy atom. The number of halogens is 3. The molecule has 4 nitrogen and oxygen atoms in total. The molecule has 0 aromatic carbocycles. The predicted octanol–water partition coefficient (Wildman–Crippen LogP) is 2.86. The molecule has 2 bridgehead atoms. The Morgan fingerprint density at radius 2 is 1.96 bits per heavy atom. The van der Waals surface area contributed by atoms with Gasteiger partial charge in [-0.3, -0.25) is 0 Å². The van der Waals surface area contributed by atoms with E-state index in [9.17, 15) is 18.3 Å². The lowest BCUT2D eigenvalue weighted by atomic mass is 9.73. The average molecular weight is 330 g/mol. The van der Waals surface area contributed by atoms with Gasteiger partial charge < -0.3 is 14.7 Å². The summed E-state index contributed by atoms with van der Waals surface area (Å²) >= 11 is 0. The molecule has 2 fully saturated rings. The molecule has 0 spiro atoms. The number of aromatic nitrogens is 1. The van der Waals surface area contributed by atoms with E-state index in [0.717, 1.165) is 12.8 Å². The third kappa shape index (κ3) is 3.61. The van der Waals surface area contributed by atoms with E-state index < -0.39 is 18.4 Å². The lowest BCUT2D eigenvalue weighted by molar-refractivity contribution is -0.154. The van der Waals surface area contributed by atoms with Gasteiger partial charge in [0.15, 0.2) is 6.61 Å². The first kappa shape index (κ1) is 16.5. The number of rotatable bonds is 3. The fourth-order valence-electron chi connectivity index (χ4n) is 3.78. The maximum Gasteiger partial charge on any atom is 0.422 e. The quantitative estimate of drug-likeness (QED) is 0.926. The molecule has 2 unspecified atom stereocenters. The van der Waals surface area contributed by atoms with Crippen LogP contribution in [-0.2, 0) is 5.60 Å². The van der Waals surface area contributed by atoms with Crippen molar-refractivity contribution in [3.8, 4) is 5.88 Å². The van der Waals surface area contributed by atoms with E-state index in [2.05, 4.69) is 21.7 Å². The van der Waals surface area contributed by atoms with Crippen LogP contribution < -0.4 is 4.74 Å². The third-order valence-electron chi connectivity index (χ3n) is 5.03. The number of ether oxygens (including phenoxy) is 1.